The second-order valence-electron chi connectivity index (χ2n) is 12.5. The molecule has 0 aliphatic rings. The van der Waals surface area contributed by atoms with Gasteiger partial charge in [-0.15, -0.1) is 0 Å². The van der Waals surface area contributed by atoms with Gasteiger partial charge in [0.2, 0.25) is 0 Å². The Morgan fingerprint density at radius 2 is 0.510 bits per heavy atom. The van der Waals surface area contributed by atoms with Crippen LogP contribution in [-0.2, 0) is 0 Å². The second kappa shape index (κ2) is 10.9. The quantitative estimate of drug-likeness (QED) is 0.174. The SMILES string of the molecule is c1ccc(-c2c3ccc([nH]3)c(-c3ccccc3)c3ccc4c(-c5ccccc5)c5ccc([nH]5)c(-c5ccccc5)c5ccc2n5[nH]n34)cc1. The van der Waals surface area contributed by atoms with Gasteiger partial charge in [-0.3, -0.25) is 0 Å². The number of fused-ring (bicyclic) bond motifs is 4. The summed E-state index contributed by atoms with van der Waals surface area (Å²) in [5.41, 5.74) is 17.4. The Morgan fingerprint density at radius 3 is 0.755 bits per heavy atom. The Balaban J connectivity index is 1.55. The number of hydrogen-bond acceptors (Lipinski definition) is 0. The van der Waals surface area contributed by atoms with E-state index < -0.39 is 0 Å². The zero-order valence-corrected chi connectivity index (χ0v) is 26.6. The molecule has 0 atom stereocenters. The highest BCUT2D eigenvalue weighted by molar-refractivity contribution is 6.03. The van der Waals surface area contributed by atoms with Crippen molar-refractivity contribution in [2.45, 2.75) is 0 Å². The predicted octanol–water partition coefficient (Wildman–Crippen LogP) is 11.4. The van der Waals surface area contributed by atoms with Crippen LogP contribution in [0.3, 0.4) is 0 Å². The topological polar surface area (TPSA) is 56.2 Å². The van der Waals surface area contributed by atoms with Gasteiger partial charge in [0.1, 0.15) is 0 Å². The summed E-state index contributed by atoms with van der Waals surface area (Å²) in [5.74, 6) is 0. The van der Waals surface area contributed by atoms with E-state index in [9.17, 15) is 0 Å². The number of rotatable bonds is 4. The second-order valence-corrected chi connectivity index (χ2v) is 12.5. The van der Waals surface area contributed by atoms with Crippen molar-refractivity contribution in [3.63, 3.8) is 0 Å². The number of H-pyrrole nitrogens is 3. The van der Waals surface area contributed by atoms with Crippen LogP contribution < -0.4 is 0 Å². The number of nitrogens with zero attached hydrogens (tertiary/aromatic N) is 2. The van der Waals surface area contributed by atoms with Gasteiger partial charge in [-0.25, -0.2) is 14.2 Å². The lowest BCUT2D eigenvalue weighted by Crippen LogP contribution is -2.01. The van der Waals surface area contributed by atoms with Crippen molar-refractivity contribution in [3.05, 3.63) is 170 Å². The number of aromatic amines is 3. The summed E-state index contributed by atoms with van der Waals surface area (Å²) in [7, 11) is 0. The molecule has 0 unspecified atom stereocenters. The summed E-state index contributed by atoms with van der Waals surface area (Å²) in [4.78, 5) is 7.77. The van der Waals surface area contributed by atoms with E-state index in [1.54, 1.807) is 0 Å². The molecule has 49 heavy (non-hydrogen) atoms. The molecular formula is C44H31N5. The highest BCUT2D eigenvalue weighted by atomic mass is 15.4. The van der Waals surface area contributed by atoms with Crippen molar-refractivity contribution in [1.82, 2.24) is 24.2 Å². The van der Waals surface area contributed by atoms with Crippen molar-refractivity contribution < 1.29 is 0 Å². The van der Waals surface area contributed by atoms with Crippen LogP contribution in [0.4, 0.5) is 0 Å². The Morgan fingerprint density at radius 1 is 0.265 bits per heavy atom. The van der Waals surface area contributed by atoms with E-state index in [2.05, 4.69) is 194 Å². The minimum Gasteiger partial charge on any atom is -0.354 e. The van der Waals surface area contributed by atoms with E-state index in [1.165, 1.54) is 0 Å². The fraction of sp³-hybridized carbons (Fsp3) is 0. The smallest absolute Gasteiger partial charge is 0.0746 e. The minimum atomic E-state index is 1.05. The summed E-state index contributed by atoms with van der Waals surface area (Å²) in [6.07, 6.45) is 0. The third-order valence-electron chi connectivity index (χ3n) is 9.69. The van der Waals surface area contributed by atoms with Crippen LogP contribution >= 0.6 is 0 Å². The van der Waals surface area contributed by atoms with Gasteiger partial charge in [0, 0.05) is 44.3 Å². The van der Waals surface area contributed by atoms with E-state index in [0.717, 1.165) is 88.6 Å². The highest BCUT2D eigenvalue weighted by Gasteiger charge is 2.18. The van der Waals surface area contributed by atoms with Crippen molar-refractivity contribution in [1.29, 1.82) is 0 Å². The summed E-state index contributed by atoms with van der Waals surface area (Å²) < 4.78 is 4.53. The molecule has 6 aromatic heterocycles. The Bertz CT molecular complexity index is 2460. The van der Waals surface area contributed by atoms with Crippen LogP contribution in [0.5, 0.6) is 0 Å². The van der Waals surface area contributed by atoms with E-state index in [-0.39, 0.29) is 0 Å². The average molecular weight is 630 g/mol. The van der Waals surface area contributed by atoms with Gasteiger partial charge in [-0.2, -0.15) is 0 Å². The molecule has 0 aliphatic heterocycles. The van der Waals surface area contributed by atoms with E-state index >= 15 is 0 Å². The molecule has 0 saturated carbocycles. The van der Waals surface area contributed by atoms with Gasteiger partial charge in [0.25, 0.3) is 0 Å². The number of nitrogens with one attached hydrogen (secondary N) is 3. The third kappa shape index (κ3) is 4.33. The van der Waals surface area contributed by atoms with Crippen LogP contribution in [0.2, 0.25) is 0 Å². The van der Waals surface area contributed by atoms with Gasteiger partial charge in [-0.1, -0.05) is 121 Å². The van der Waals surface area contributed by atoms with Gasteiger partial charge in [0.15, 0.2) is 0 Å². The molecule has 0 aliphatic carbocycles. The molecule has 0 saturated heterocycles. The summed E-state index contributed by atoms with van der Waals surface area (Å²) in [5, 5.41) is 4.00. The zero-order chi connectivity index (χ0) is 32.3. The van der Waals surface area contributed by atoms with Gasteiger partial charge in [-0.05, 0) is 70.8 Å². The van der Waals surface area contributed by atoms with Crippen molar-refractivity contribution in [2.75, 3.05) is 0 Å². The number of hydrogen-bond donors (Lipinski definition) is 3. The zero-order valence-electron chi connectivity index (χ0n) is 26.6. The van der Waals surface area contributed by atoms with Crippen LogP contribution in [0.25, 0.3) is 88.6 Å². The van der Waals surface area contributed by atoms with Gasteiger partial charge >= 0.3 is 0 Å². The highest BCUT2D eigenvalue weighted by Crippen LogP contribution is 2.38. The standard InChI is InChI=1S/C44H31N5/c1-5-13-29(14-6-1)41-33-21-22-34(45-33)42(30-15-7-2-8-16-30)39-27-28-40-44(32-19-11-4-12-20-32)36-24-23-35(46-36)43(31-17-9-3-10-18-31)38-26-25-37(41)48(38)47-49(39)40/h1-28,45-47H. The molecule has 4 aromatic carbocycles. The molecule has 5 nitrogen and oxygen atoms in total. The lowest BCUT2D eigenvalue weighted by Gasteiger charge is -2.12. The Hall–Kier alpha value is -6.72. The molecule has 0 radical (unpaired) electrons. The molecular weight excluding hydrogens is 599 g/mol. The van der Waals surface area contributed by atoms with E-state index in [1.807, 2.05) is 0 Å². The van der Waals surface area contributed by atoms with Crippen LogP contribution in [0, 0.1) is 0 Å². The monoisotopic (exact) mass is 629 g/mol. The maximum absolute atomic E-state index is 4.00. The first-order valence-electron chi connectivity index (χ1n) is 16.6. The van der Waals surface area contributed by atoms with Crippen molar-refractivity contribution in [2.24, 2.45) is 0 Å². The summed E-state index contributed by atoms with van der Waals surface area (Å²) >= 11 is 0. The van der Waals surface area contributed by atoms with E-state index in [4.69, 9.17) is 0 Å². The van der Waals surface area contributed by atoms with Crippen LogP contribution in [0.1, 0.15) is 0 Å². The van der Waals surface area contributed by atoms with Crippen LogP contribution in [0.15, 0.2) is 170 Å². The lowest BCUT2D eigenvalue weighted by molar-refractivity contribution is 0.810. The fourth-order valence-electron chi connectivity index (χ4n) is 7.53. The predicted molar refractivity (Wildman–Crippen MR) is 203 cm³/mol. The number of benzene rings is 4. The molecule has 10 aromatic rings. The maximum atomic E-state index is 4.00. The first-order valence-corrected chi connectivity index (χ1v) is 16.6. The fourth-order valence-corrected chi connectivity index (χ4v) is 7.53. The van der Waals surface area contributed by atoms with E-state index in [0.29, 0.717) is 0 Å². The molecule has 232 valence electrons. The maximum Gasteiger partial charge on any atom is 0.0746 e. The van der Waals surface area contributed by atoms with Gasteiger partial charge in [0.05, 0.1) is 22.1 Å². The molecule has 0 fully saturated rings. The molecule has 6 bridgehead atoms. The molecule has 0 spiro atoms. The molecule has 5 heteroatoms. The molecule has 3 N–H and O–H groups in total. The Kier molecular flexibility index (Phi) is 6.11. The Labute approximate surface area is 282 Å². The van der Waals surface area contributed by atoms with Crippen molar-refractivity contribution >= 4 is 44.1 Å². The normalized spacial score (nSPS) is 11.7. The molecule has 6 heterocycles. The van der Waals surface area contributed by atoms with Crippen molar-refractivity contribution in [3.8, 4) is 44.5 Å². The molecule has 10 rings (SSSR count). The minimum absolute atomic E-state index is 1.05. The third-order valence-corrected chi connectivity index (χ3v) is 9.69. The first kappa shape index (κ1) is 27.4. The lowest BCUT2D eigenvalue weighted by atomic mass is 10.1. The summed E-state index contributed by atoms with van der Waals surface area (Å²) in [6.45, 7) is 0. The first-order chi connectivity index (χ1) is 24.3. The molecule has 0 amide bonds. The average Bonchev–Trinajstić information content (AvgIpc) is 3.98. The summed E-state index contributed by atoms with van der Waals surface area (Å²) in [6, 6.07) is 60.5. The number of aromatic nitrogens is 5. The largest absolute Gasteiger partial charge is 0.354 e. The van der Waals surface area contributed by atoms with Gasteiger partial charge < -0.3 is 9.97 Å². The van der Waals surface area contributed by atoms with Crippen LogP contribution in [-0.4, -0.2) is 24.2 Å².